The van der Waals surface area contributed by atoms with E-state index in [2.05, 4.69) is 16.0 Å². The van der Waals surface area contributed by atoms with Gasteiger partial charge in [-0.3, -0.25) is 0 Å². The quantitative estimate of drug-likeness (QED) is 0.407. The van der Waals surface area contributed by atoms with Gasteiger partial charge in [-0.25, -0.2) is 14.8 Å². The highest BCUT2D eigenvalue weighted by atomic mass is 32.2. The van der Waals surface area contributed by atoms with Crippen LogP contribution >= 0.6 is 11.8 Å². The van der Waals surface area contributed by atoms with Crippen molar-refractivity contribution in [3.8, 4) is 6.07 Å². The number of ether oxygens (including phenoxy) is 1. The van der Waals surface area contributed by atoms with E-state index >= 15 is 0 Å². The monoisotopic (exact) mass is 352 g/mol. The average Bonchev–Trinajstić information content (AvgIpc) is 2.96. The molecule has 3 rings (SSSR count). The van der Waals surface area contributed by atoms with Crippen molar-refractivity contribution in [1.29, 1.82) is 5.26 Å². The fourth-order valence-corrected chi connectivity index (χ4v) is 3.35. The summed E-state index contributed by atoms with van der Waals surface area (Å²) in [4.78, 5) is 21.1. The van der Waals surface area contributed by atoms with Gasteiger partial charge >= 0.3 is 5.97 Å². The van der Waals surface area contributed by atoms with Gasteiger partial charge in [0, 0.05) is 18.0 Å². The summed E-state index contributed by atoms with van der Waals surface area (Å²) in [5.74, 6) is 0.129. The lowest BCUT2D eigenvalue weighted by atomic mass is 10.2. The SMILES string of the molecule is CSc1nc(C)nc(C)c1C(=O)OCc1cn2ccccc2c1C#N. The van der Waals surface area contributed by atoms with Gasteiger partial charge in [0.1, 0.15) is 29.1 Å². The zero-order valence-corrected chi connectivity index (χ0v) is 14.9. The highest BCUT2D eigenvalue weighted by molar-refractivity contribution is 7.98. The Morgan fingerprint density at radius 1 is 1.36 bits per heavy atom. The summed E-state index contributed by atoms with van der Waals surface area (Å²) in [6.45, 7) is 3.57. The van der Waals surface area contributed by atoms with E-state index in [0.29, 0.717) is 33.2 Å². The molecule has 3 aromatic heterocycles. The number of aryl methyl sites for hydroxylation is 2. The molecular weight excluding hydrogens is 336 g/mol. The first kappa shape index (κ1) is 17.0. The highest BCUT2D eigenvalue weighted by Crippen LogP contribution is 2.23. The van der Waals surface area contributed by atoms with Gasteiger partial charge in [-0.1, -0.05) is 6.07 Å². The smallest absolute Gasteiger partial charge is 0.343 e. The van der Waals surface area contributed by atoms with Crippen molar-refractivity contribution in [3.05, 3.63) is 58.8 Å². The molecule has 0 spiro atoms. The van der Waals surface area contributed by atoms with E-state index in [4.69, 9.17) is 4.74 Å². The molecule has 0 aliphatic rings. The van der Waals surface area contributed by atoms with Crippen LogP contribution in [0.1, 0.15) is 33.0 Å². The number of aromatic nitrogens is 3. The van der Waals surface area contributed by atoms with E-state index in [1.54, 1.807) is 20.0 Å². The van der Waals surface area contributed by atoms with Crippen molar-refractivity contribution in [2.24, 2.45) is 0 Å². The number of carbonyl (C=O) groups excluding carboxylic acids is 1. The van der Waals surface area contributed by atoms with Gasteiger partial charge in [0.15, 0.2) is 0 Å². The fourth-order valence-electron chi connectivity index (χ4n) is 2.70. The van der Waals surface area contributed by atoms with E-state index in [1.165, 1.54) is 11.8 Å². The molecule has 0 aromatic carbocycles. The van der Waals surface area contributed by atoms with Crippen LogP contribution in [0.25, 0.3) is 5.52 Å². The number of esters is 1. The van der Waals surface area contributed by atoms with E-state index in [1.807, 2.05) is 35.1 Å². The Kier molecular flexibility index (Phi) is 4.72. The number of pyridine rings is 1. The second-order valence-corrected chi connectivity index (χ2v) is 6.25. The standard InChI is InChI=1S/C18H16N4O2S/c1-11-16(17(25-3)21-12(2)20-11)18(23)24-10-13-9-22-7-5-4-6-15(22)14(13)8-19/h4-7,9H,10H2,1-3H3. The van der Waals surface area contributed by atoms with Crippen LogP contribution in [0.5, 0.6) is 0 Å². The molecule has 0 unspecified atom stereocenters. The Hall–Kier alpha value is -2.85. The van der Waals surface area contributed by atoms with Crippen molar-refractivity contribution in [1.82, 2.24) is 14.4 Å². The number of rotatable bonds is 4. The third kappa shape index (κ3) is 3.21. The normalized spacial score (nSPS) is 10.6. The molecule has 0 aliphatic heterocycles. The second-order valence-electron chi connectivity index (χ2n) is 5.45. The molecule has 25 heavy (non-hydrogen) atoms. The molecule has 0 aliphatic carbocycles. The van der Waals surface area contributed by atoms with Crippen molar-refractivity contribution in [2.45, 2.75) is 25.5 Å². The maximum absolute atomic E-state index is 12.5. The highest BCUT2D eigenvalue weighted by Gasteiger charge is 2.20. The first-order valence-electron chi connectivity index (χ1n) is 7.60. The van der Waals surface area contributed by atoms with Crippen LogP contribution in [0.2, 0.25) is 0 Å². The van der Waals surface area contributed by atoms with Crippen molar-refractivity contribution in [3.63, 3.8) is 0 Å². The summed E-state index contributed by atoms with van der Waals surface area (Å²) >= 11 is 1.38. The van der Waals surface area contributed by atoms with Crippen LogP contribution in [-0.2, 0) is 11.3 Å². The number of nitrogens with zero attached hydrogens (tertiary/aromatic N) is 4. The van der Waals surface area contributed by atoms with Gasteiger partial charge in [0.2, 0.25) is 0 Å². The number of nitriles is 1. The summed E-state index contributed by atoms with van der Waals surface area (Å²) in [5, 5.41) is 10.0. The summed E-state index contributed by atoms with van der Waals surface area (Å²) in [5.41, 5.74) is 2.93. The predicted molar refractivity (Wildman–Crippen MR) is 94.5 cm³/mol. The first-order chi connectivity index (χ1) is 12.0. The summed E-state index contributed by atoms with van der Waals surface area (Å²) in [7, 11) is 0. The van der Waals surface area contributed by atoms with Gasteiger partial charge < -0.3 is 9.14 Å². The number of hydrogen-bond donors (Lipinski definition) is 0. The van der Waals surface area contributed by atoms with E-state index in [9.17, 15) is 10.1 Å². The van der Waals surface area contributed by atoms with Gasteiger partial charge in [-0.05, 0) is 32.2 Å². The topological polar surface area (TPSA) is 80.3 Å². The largest absolute Gasteiger partial charge is 0.457 e. The summed E-state index contributed by atoms with van der Waals surface area (Å²) in [6, 6.07) is 7.78. The zero-order chi connectivity index (χ0) is 18.0. The van der Waals surface area contributed by atoms with Crippen LogP contribution in [-0.4, -0.2) is 26.6 Å². The van der Waals surface area contributed by atoms with Crippen LogP contribution in [0.3, 0.4) is 0 Å². The molecule has 6 nitrogen and oxygen atoms in total. The van der Waals surface area contributed by atoms with Gasteiger partial charge in [0.05, 0.1) is 16.8 Å². The van der Waals surface area contributed by atoms with Crippen LogP contribution in [0, 0.1) is 25.2 Å². The van der Waals surface area contributed by atoms with Gasteiger partial charge in [-0.15, -0.1) is 11.8 Å². The molecule has 0 radical (unpaired) electrons. The molecular formula is C18H16N4O2S. The third-order valence-corrected chi connectivity index (χ3v) is 4.48. The molecule has 3 heterocycles. The van der Waals surface area contributed by atoms with Crippen molar-refractivity contribution >= 4 is 23.2 Å². The number of hydrogen-bond acceptors (Lipinski definition) is 6. The lowest BCUT2D eigenvalue weighted by Crippen LogP contribution is -2.12. The Balaban J connectivity index is 1.88. The van der Waals surface area contributed by atoms with Crippen LogP contribution in [0.4, 0.5) is 0 Å². The van der Waals surface area contributed by atoms with Crippen LogP contribution < -0.4 is 0 Å². The Labute approximate surface area is 149 Å². The Bertz CT molecular complexity index is 1000. The van der Waals surface area contributed by atoms with Gasteiger partial charge in [-0.2, -0.15) is 5.26 Å². The molecule has 0 saturated carbocycles. The first-order valence-corrected chi connectivity index (χ1v) is 8.82. The molecule has 0 atom stereocenters. The van der Waals surface area contributed by atoms with Crippen molar-refractivity contribution < 1.29 is 9.53 Å². The Morgan fingerprint density at radius 3 is 2.88 bits per heavy atom. The average molecular weight is 352 g/mol. The van der Waals surface area contributed by atoms with E-state index in [0.717, 1.165) is 5.52 Å². The number of thioether (sulfide) groups is 1. The van der Waals surface area contributed by atoms with E-state index < -0.39 is 5.97 Å². The second kappa shape index (κ2) is 6.95. The Morgan fingerprint density at radius 2 is 2.16 bits per heavy atom. The predicted octanol–water partition coefficient (Wildman–Crippen LogP) is 3.30. The number of carbonyl (C=O) groups is 1. The minimum absolute atomic E-state index is 0.0184. The van der Waals surface area contributed by atoms with Crippen LogP contribution in [0.15, 0.2) is 35.6 Å². The molecule has 3 aromatic rings. The number of fused-ring (bicyclic) bond motifs is 1. The summed E-state index contributed by atoms with van der Waals surface area (Å²) in [6.07, 6.45) is 5.51. The molecule has 0 fully saturated rings. The lowest BCUT2D eigenvalue weighted by Gasteiger charge is -2.10. The summed E-state index contributed by atoms with van der Waals surface area (Å²) < 4.78 is 7.30. The molecule has 0 N–H and O–H groups in total. The minimum atomic E-state index is -0.485. The van der Waals surface area contributed by atoms with E-state index in [-0.39, 0.29) is 6.61 Å². The maximum atomic E-state index is 12.5. The minimum Gasteiger partial charge on any atom is -0.457 e. The molecule has 126 valence electrons. The molecule has 0 saturated heterocycles. The zero-order valence-electron chi connectivity index (χ0n) is 14.1. The molecule has 0 amide bonds. The maximum Gasteiger partial charge on any atom is 0.343 e. The van der Waals surface area contributed by atoms with Crippen molar-refractivity contribution in [2.75, 3.05) is 6.26 Å². The molecule has 0 bridgehead atoms. The third-order valence-electron chi connectivity index (χ3n) is 3.80. The van der Waals surface area contributed by atoms with Gasteiger partial charge in [0.25, 0.3) is 0 Å². The fraction of sp³-hybridized carbons (Fsp3) is 0.222. The molecule has 7 heteroatoms. The lowest BCUT2D eigenvalue weighted by molar-refractivity contribution is 0.0466.